The van der Waals surface area contributed by atoms with E-state index in [0.717, 1.165) is 0 Å². The summed E-state index contributed by atoms with van der Waals surface area (Å²) in [6.45, 7) is 3.79. The zero-order valence-corrected chi connectivity index (χ0v) is 12.8. The lowest BCUT2D eigenvalue weighted by Crippen LogP contribution is -2.03. The fourth-order valence-electron chi connectivity index (χ4n) is 1.89. The fraction of sp³-hybridized carbons (Fsp3) is 0.118. The van der Waals surface area contributed by atoms with E-state index in [9.17, 15) is 9.90 Å². The maximum absolute atomic E-state index is 12.1. The van der Waals surface area contributed by atoms with Crippen molar-refractivity contribution in [3.8, 4) is 11.5 Å². The van der Waals surface area contributed by atoms with E-state index in [1.807, 2.05) is 0 Å². The van der Waals surface area contributed by atoms with Gasteiger partial charge in [0.15, 0.2) is 17.3 Å². The second-order valence-electron chi connectivity index (χ2n) is 4.52. The van der Waals surface area contributed by atoms with Gasteiger partial charge in [-0.1, -0.05) is 36.4 Å². The normalized spacial score (nSPS) is 21.9. The highest BCUT2D eigenvalue weighted by molar-refractivity contribution is 6.30. The maximum Gasteiger partial charge on any atom is 0.188 e. The molecular weight excluding hydrogens is 304 g/mol. The van der Waals surface area contributed by atoms with Crippen molar-refractivity contribution in [2.75, 3.05) is 13.7 Å². The summed E-state index contributed by atoms with van der Waals surface area (Å²) in [4.78, 5) is 12.1. The zero-order valence-electron chi connectivity index (χ0n) is 12.0. The first kappa shape index (κ1) is 15.9. The molecule has 0 fully saturated rings. The monoisotopic (exact) mass is 318 g/mol. The number of hydrogen-bond acceptors (Lipinski definition) is 4. The van der Waals surface area contributed by atoms with Crippen molar-refractivity contribution < 1.29 is 19.4 Å². The number of hydrogen-bond donors (Lipinski definition) is 1. The first-order valence-electron chi connectivity index (χ1n) is 6.49. The number of carbonyl (C=O) groups is 1. The molecule has 0 spiro atoms. The minimum Gasteiger partial charge on any atom is -0.504 e. The van der Waals surface area contributed by atoms with E-state index in [1.54, 1.807) is 30.4 Å². The van der Waals surface area contributed by atoms with Crippen molar-refractivity contribution in [3.63, 3.8) is 0 Å². The van der Waals surface area contributed by atoms with Crippen molar-refractivity contribution in [2.45, 2.75) is 0 Å². The summed E-state index contributed by atoms with van der Waals surface area (Å²) >= 11 is 6.02. The number of allylic oxidation sites excluding steroid dienone is 5. The molecule has 0 atom stereocenters. The van der Waals surface area contributed by atoms with Crippen molar-refractivity contribution in [2.24, 2.45) is 0 Å². The highest BCUT2D eigenvalue weighted by atomic mass is 35.5. The molecule has 0 amide bonds. The smallest absolute Gasteiger partial charge is 0.188 e. The van der Waals surface area contributed by atoms with Gasteiger partial charge in [-0.05, 0) is 18.2 Å². The van der Waals surface area contributed by atoms with Crippen LogP contribution in [0.1, 0.15) is 5.56 Å². The van der Waals surface area contributed by atoms with Crippen LogP contribution >= 0.6 is 11.6 Å². The Morgan fingerprint density at radius 1 is 1.41 bits per heavy atom. The van der Waals surface area contributed by atoms with Gasteiger partial charge in [-0.25, -0.2) is 0 Å². The molecule has 1 N–H and O–H groups in total. The predicted octanol–water partition coefficient (Wildman–Crippen LogP) is 3.58. The van der Waals surface area contributed by atoms with Crippen LogP contribution in [0.4, 0.5) is 0 Å². The van der Waals surface area contributed by atoms with Crippen LogP contribution in [-0.4, -0.2) is 24.6 Å². The molecule has 2 rings (SSSR count). The number of ketones is 1. The third-order valence-electron chi connectivity index (χ3n) is 2.98. The summed E-state index contributed by atoms with van der Waals surface area (Å²) in [5.41, 5.74) is 0.750. The van der Waals surface area contributed by atoms with Crippen molar-refractivity contribution in [1.29, 1.82) is 0 Å². The predicted molar refractivity (Wildman–Crippen MR) is 85.8 cm³/mol. The summed E-state index contributed by atoms with van der Waals surface area (Å²) in [5.74, 6) is 0.123. The van der Waals surface area contributed by atoms with E-state index in [4.69, 9.17) is 21.1 Å². The summed E-state index contributed by atoms with van der Waals surface area (Å²) < 4.78 is 10.8. The molecule has 22 heavy (non-hydrogen) atoms. The Bertz CT molecular complexity index is 699. The van der Waals surface area contributed by atoms with Gasteiger partial charge in [-0.15, -0.1) is 0 Å². The first-order valence-corrected chi connectivity index (χ1v) is 6.87. The number of para-hydroxylation sites is 1. The van der Waals surface area contributed by atoms with Gasteiger partial charge in [-0.2, -0.15) is 0 Å². The lowest BCUT2D eigenvalue weighted by molar-refractivity contribution is -0.111. The van der Waals surface area contributed by atoms with Gasteiger partial charge in [0.2, 0.25) is 0 Å². The highest BCUT2D eigenvalue weighted by Gasteiger charge is 2.16. The molecular formula is C17H15ClO4. The average Bonchev–Trinajstić information content (AvgIpc) is 2.50. The molecule has 0 radical (unpaired) electrons. The number of phenolic OH excluding ortho intramolecular Hbond substituents is 1. The van der Waals surface area contributed by atoms with Crippen molar-refractivity contribution in [1.82, 2.24) is 0 Å². The third kappa shape index (κ3) is 3.59. The number of benzene rings is 1. The van der Waals surface area contributed by atoms with Crippen LogP contribution in [0.3, 0.4) is 0 Å². The molecule has 1 heterocycles. The number of ether oxygens (including phenoxy) is 2. The molecule has 1 aromatic rings. The minimum atomic E-state index is -0.303. The molecule has 1 aliphatic heterocycles. The van der Waals surface area contributed by atoms with Gasteiger partial charge in [0.1, 0.15) is 12.4 Å². The molecule has 0 unspecified atom stereocenters. The number of carbonyl (C=O) groups excluding carboxylic acids is 1. The number of aromatic hydroxyl groups is 1. The lowest BCUT2D eigenvalue weighted by Gasteiger charge is -2.15. The Morgan fingerprint density at radius 3 is 2.91 bits per heavy atom. The maximum atomic E-state index is 12.1. The van der Waals surface area contributed by atoms with Crippen molar-refractivity contribution in [3.05, 3.63) is 65.3 Å². The Balaban J connectivity index is 2.52. The Labute approximate surface area is 133 Å². The molecule has 0 aromatic heterocycles. The molecule has 0 saturated carbocycles. The molecule has 5 heteroatoms. The molecule has 0 aliphatic carbocycles. The van der Waals surface area contributed by atoms with E-state index in [0.29, 0.717) is 16.2 Å². The average molecular weight is 319 g/mol. The summed E-state index contributed by atoms with van der Waals surface area (Å²) in [6.07, 6.45) is 6.14. The van der Waals surface area contributed by atoms with Crippen LogP contribution < -0.4 is 4.74 Å². The number of methoxy groups -OCH3 is 1. The molecule has 1 aromatic carbocycles. The van der Waals surface area contributed by atoms with E-state index in [2.05, 4.69) is 6.58 Å². The van der Waals surface area contributed by atoms with E-state index >= 15 is 0 Å². The number of rotatable bonds is 2. The van der Waals surface area contributed by atoms with Gasteiger partial charge in [-0.3, -0.25) is 4.79 Å². The van der Waals surface area contributed by atoms with Crippen LogP contribution in [0, 0.1) is 0 Å². The topological polar surface area (TPSA) is 55.8 Å². The summed E-state index contributed by atoms with van der Waals surface area (Å²) in [7, 11) is 1.43. The van der Waals surface area contributed by atoms with Gasteiger partial charge >= 0.3 is 0 Å². The van der Waals surface area contributed by atoms with Crippen LogP contribution in [-0.2, 0) is 9.53 Å². The Morgan fingerprint density at radius 2 is 2.18 bits per heavy atom. The second kappa shape index (κ2) is 7.00. The molecule has 4 nitrogen and oxygen atoms in total. The van der Waals surface area contributed by atoms with Gasteiger partial charge in [0.05, 0.1) is 17.7 Å². The lowest BCUT2D eigenvalue weighted by atomic mass is 10.1. The Hall–Kier alpha value is -2.46. The van der Waals surface area contributed by atoms with Gasteiger partial charge < -0.3 is 14.6 Å². The fourth-order valence-corrected chi connectivity index (χ4v) is 2.02. The number of halogens is 1. The second-order valence-corrected chi connectivity index (χ2v) is 5.00. The van der Waals surface area contributed by atoms with Crippen LogP contribution in [0.2, 0.25) is 0 Å². The molecule has 0 saturated heterocycles. The Kier molecular flexibility index (Phi) is 5.07. The SMILES string of the molecule is C=C1/C=C\C=C(\Cl)CO/C(c2cccc(O)c2OC)=C\C1=O. The highest BCUT2D eigenvalue weighted by Crippen LogP contribution is 2.35. The quantitative estimate of drug-likeness (QED) is 0.847. The summed E-state index contributed by atoms with van der Waals surface area (Å²) in [6, 6.07) is 4.80. The van der Waals surface area contributed by atoms with Gasteiger partial charge in [0.25, 0.3) is 0 Å². The summed E-state index contributed by atoms with van der Waals surface area (Å²) in [5, 5.41) is 10.3. The molecule has 114 valence electrons. The van der Waals surface area contributed by atoms with Crippen molar-refractivity contribution >= 4 is 23.1 Å². The van der Waals surface area contributed by atoms with E-state index in [1.165, 1.54) is 19.3 Å². The van der Waals surface area contributed by atoms with Gasteiger partial charge in [0, 0.05) is 11.6 Å². The van der Waals surface area contributed by atoms with Crippen LogP contribution in [0.25, 0.3) is 5.76 Å². The van der Waals surface area contributed by atoms with Crippen LogP contribution in [0.5, 0.6) is 11.5 Å². The zero-order chi connectivity index (χ0) is 16.1. The third-order valence-corrected chi connectivity index (χ3v) is 3.22. The largest absolute Gasteiger partial charge is 0.504 e. The first-order chi connectivity index (χ1) is 10.5. The minimum absolute atomic E-state index is 0.0468. The van der Waals surface area contributed by atoms with E-state index in [-0.39, 0.29) is 29.6 Å². The van der Waals surface area contributed by atoms with E-state index < -0.39 is 0 Å². The molecule has 1 aliphatic rings. The number of phenols is 1. The van der Waals surface area contributed by atoms with Crippen LogP contribution in [0.15, 0.2) is 59.7 Å². The molecule has 0 bridgehead atoms. The standard InChI is InChI=1S/C17H15ClO4/c1-11-5-3-6-12(18)10-22-16(9-15(11)20)13-7-4-8-14(19)17(13)21-2/h3-9,19H,1,10H2,2H3/b5-3-,12-6+,16-9-.